The largest absolute Gasteiger partial charge is 0.261 e. The van der Waals surface area contributed by atoms with Gasteiger partial charge >= 0.3 is 0 Å². The van der Waals surface area contributed by atoms with Crippen molar-refractivity contribution in [3.8, 4) is 0 Å². The molecule has 0 aliphatic carbocycles. The molecule has 0 radical (unpaired) electrons. The number of hydrogen-bond acceptors (Lipinski definition) is 2. The quantitative estimate of drug-likeness (QED) is 0.623. The lowest BCUT2D eigenvalue weighted by molar-refractivity contribution is 0.609. The maximum absolute atomic E-state index is 11.3. The zero-order chi connectivity index (χ0) is 12.3. The summed E-state index contributed by atoms with van der Waals surface area (Å²) in [6.45, 7) is 5.18. The molecule has 0 aliphatic heterocycles. The summed E-state index contributed by atoms with van der Waals surface area (Å²) in [4.78, 5) is 0.0716. The topological polar surface area (TPSA) is 34.1 Å². The van der Waals surface area contributed by atoms with E-state index in [0.29, 0.717) is 16.2 Å². The standard InChI is InChI=1S/C11H10Cl2O2S/c1-3-5-10(12)9-6-4-7-11(8(9)2)16(13,14)15/h3-7H,1H2,2H3/b10-5+. The molecule has 1 rings (SSSR count). The van der Waals surface area contributed by atoms with Gasteiger partial charge in [0.1, 0.15) is 0 Å². The second-order valence-electron chi connectivity index (χ2n) is 3.12. The third-order valence-corrected chi connectivity index (χ3v) is 3.86. The van der Waals surface area contributed by atoms with Crippen molar-refractivity contribution >= 4 is 36.4 Å². The third-order valence-electron chi connectivity index (χ3n) is 2.07. The first kappa shape index (κ1) is 13.3. The molecule has 0 atom stereocenters. The second-order valence-corrected chi connectivity index (χ2v) is 6.06. The molecule has 86 valence electrons. The Morgan fingerprint density at radius 1 is 1.44 bits per heavy atom. The summed E-state index contributed by atoms with van der Waals surface area (Å²) in [7, 11) is 1.56. The van der Waals surface area contributed by atoms with Crippen LogP contribution in [0.5, 0.6) is 0 Å². The van der Waals surface area contributed by atoms with Crippen LogP contribution in [0.2, 0.25) is 0 Å². The molecular weight excluding hydrogens is 267 g/mol. The molecule has 0 amide bonds. The van der Waals surface area contributed by atoms with Crippen molar-refractivity contribution in [3.05, 3.63) is 48.1 Å². The van der Waals surface area contributed by atoms with Gasteiger partial charge in [0.2, 0.25) is 0 Å². The molecule has 0 spiro atoms. The summed E-state index contributed by atoms with van der Waals surface area (Å²) >= 11 is 5.99. The van der Waals surface area contributed by atoms with E-state index in [-0.39, 0.29) is 4.90 Å². The smallest absolute Gasteiger partial charge is 0.207 e. The minimum absolute atomic E-state index is 0.0716. The minimum atomic E-state index is -3.74. The van der Waals surface area contributed by atoms with Crippen molar-refractivity contribution in [1.82, 2.24) is 0 Å². The summed E-state index contributed by atoms with van der Waals surface area (Å²) in [5.74, 6) is 0. The average molecular weight is 277 g/mol. The summed E-state index contributed by atoms with van der Waals surface area (Å²) in [5, 5.41) is 0.426. The maximum Gasteiger partial charge on any atom is 0.261 e. The van der Waals surface area contributed by atoms with Gasteiger partial charge in [-0.2, -0.15) is 0 Å². The number of benzene rings is 1. The van der Waals surface area contributed by atoms with E-state index in [0.717, 1.165) is 0 Å². The number of hydrogen-bond donors (Lipinski definition) is 0. The van der Waals surface area contributed by atoms with E-state index >= 15 is 0 Å². The van der Waals surface area contributed by atoms with Crippen molar-refractivity contribution in [2.45, 2.75) is 11.8 Å². The van der Waals surface area contributed by atoms with Crippen LogP contribution in [0, 0.1) is 6.92 Å². The zero-order valence-electron chi connectivity index (χ0n) is 8.57. The molecule has 5 heteroatoms. The normalized spacial score (nSPS) is 12.6. The van der Waals surface area contributed by atoms with Crippen LogP contribution in [0.4, 0.5) is 0 Å². The van der Waals surface area contributed by atoms with Crippen molar-refractivity contribution in [2.75, 3.05) is 0 Å². The van der Waals surface area contributed by atoms with Crippen LogP contribution >= 0.6 is 22.3 Å². The summed E-state index contributed by atoms with van der Waals surface area (Å²) in [5.41, 5.74) is 1.16. The van der Waals surface area contributed by atoms with E-state index in [1.165, 1.54) is 12.1 Å². The Labute approximate surface area is 105 Å². The SMILES string of the molecule is C=C/C=C(/Cl)c1cccc(S(=O)(=O)Cl)c1C. The fourth-order valence-electron chi connectivity index (χ4n) is 1.33. The molecule has 16 heavy (non-hydrogen) atoms. The fourth-order valence-corrected chi connectivity index (χ4v) is 2.84. The van der Waals surface area contributed by atoms with Crippen LogP contribution in [0.1, 0.15) is 11.1 Å². The van der Waals surface area contributed by atoms with Crippen molar-refractivity contribution in [3.63, 3.8) is 0 Å². The average Bonchev–Trinajstić information content (AvgIpc) is 2.16. The van der Waals surface area contributed by atoms with Gasteiger partial charge in [0.25, 0.3) is 9.05 Å². The monoisotopic (exact) mass is 276 g/mol. The van der Waals surface area contributed by atoms with E-state index in [2.05, 4.69) is 6.58 Å². The predicted octanol–water partition coefficient (Wildman–Crippen LogP) is 3.69. The highest BCUT2D eigenvalue weighted by Crippen LogP contribution is 2.28. The fraction of sp³-hybridized carbons (Fsp3) is 0.0909. The molecule has 0 aliphatic rings. The molecule has 1 aromatic rings. The van der Waals surface area contributed by atoms with Crippen LogP contribution in [0.25, 0.3) is 5.03 Å². The summed E-state index contributed by atoms with van der Waals surface area (Å²) in [6, 6.07) is 4.76. The van der Waals surface area contributed by atoms with Gasteiger partial charge in [-0.05, 0) is 30.2 Å². The lowest BCUT2D eigenvalue weighted by atomic mass is 10.1. The van der Waals surface area contributed by atoms with Crippen LogP contribution in [-0.4, -0.2) is 8.42 Å². The first-order valence-corrected chi connectivity index (χ1v) is 7.09. The lowest BCUT2D eigenvalue weighted by Gasteiger charge is -2.07. The highest BCUT2D eigenvalue weighted by atomic mass is 35.7. The van der Waals surface area contributed by atoms with E-state index in [1.807, 2.05) is 0 Å². The van der Waals surface area contributed by atoms with Crippen LogP contribution < -0.4 is 0 Å². The molecule has 0 unspecified atom stereocenters. The van der Waals surface area contributed by atoms with Gasteiger partial charge in [-0.3, -0.25) is 0 Å². The molecule has 2 nitrogen and oxygen atoms in total. The van der Waals surface area contributed by atoms with Gasteiger partial charge in [0.15, 0.2) is 0 Å². The first-order valence-electron chi connectivity index (χ1n) is 4.41. The zero-order valence-corrected chi connectivity index (χ0v) is 10.9. The third kappa shape index (κ3) is 2.88. The van der Waals surface area contributed by atoms with Gasteiger partial charge < -0.3 is 0 Å². The Balaban J connectivity index is 3.47. The maximum atomic E-state index is 11.3. The van der Waals surface area contributed by atoms with E-state index in [4.69, 9.17) is 22.3 Å². The molecule has 0 bridgehead atoms. The molecule has 0 saturated heterocycles. The minimum Gasteiger partial charge on any atom is -0.207 e. The number of allylic oxidation sites excluding steroid dienone is 2. The van der Waals surface area contributed by atoms with Gasteiger partial charge in [-0.1, -0.05) is 36.4 Å². The van der Waals surface area contributed by atoms with E-state index in [9.17, 15) is 8.42 Å². The Kier molecular flexibility index (Phi) is 4.19. The molecule has 0 fully saturated rings. The van der Waals surface area contributed by atoms with Gasteiger partial charge in [-0.15, -0.1) is 0 Å². The molecule has 0 N–H and O–H groups in total. The van der Waals surface area contributed by atoms with Crippen LogP contribution in [-0.2, 0) is 9.05 Å². The molecule has 0 aromatic heterocycles. The Bertz CT molecular complexity index is 545. The van der Waals surface area contributed by atoms with Gasteiger partial charge in [0.05, 0.1) is 4.90 Å². The summed E-state index contributed by atoms with van der Waals surface area (Å²) in [6.07, 6.45) is 3.12. The Morgan fingerprint density at radius 2 is 2.06 bits per heavy atom. The number of rotatable bonds is 3. The Morgan fingerprint density at radius 3 is 2.56 bits per heavy atom. The van der Waals surface area contributed by atoms with Gasteiger partial charge in [0, 0.05) is 15.7 Å². The van der Waals surface area contributed by atoms with Crippen molar-refractivity contribution in [2.24, 2.45) is 0 Å². The van der Waals surface area contributed by atoms with Crippen molar-refractivity contribution in [1.29, 1.82) is 0 Å². The molecule has 1 aromatic carbocycles. The molecule has 0 saturated carbocycles. The van der Waals surface area contributed by atoms with Crippen molar-refractivity contribution < 1.29 is 8.42 Å². The first-order chi connectivity index (χ1) is 7.38. The molecule has 0 heterocycles. The molecular formula is C11H10Cl2O2S. The highest BCUT2D eigenvalue weighted by molar-refractivity contribution is 8.13. The second kappa shape index (κ2) is 5.04. The lowest BCUT2D eigenvalue weighted by Crippen LogP contribution is -1.97. The van der Waals surface area contributed by atoms with E-state index < -0.39 is 9.05 Å². The summed E-state index contributed by atoms with van der Waals surface area (Å²) < 4.78 is 22.5. The van der Waals surface area contributed by atoms with Crippen LogP contribution in [0.15, 0.2) is 41.8 Å². The highest BCUT2D eigenvalue weighted by Gasteiger charge is 2.16. The van der Waals surface area contributed by atoms with Gasteiger partial charge in [-0.25, -0.2) is 8.42 Å². The number of halogens is 2. The Hall–Kier alpha value is -0.770. The van der Waals surface area contributed by atoms with Crippen LogP contribution in [0.3, 0.4) is 0 Å². The predicted molar refractivity (Wildman–Crippen MR) is 68.2 cm³/mol. The van der Waals surface area contributed by atoms with E-state index in [1.54, 1.807) is 25.1 Å².